The molecule has 0 aliphatic carbocycles. The molecule has 0 bridgehead atoms. The van der Waals surface area contributed by atoms with E-state index in [1.807, 2.05) is 31.2 Å². The Morgan fingerprint density at radius 1 is 1.12 bits per heavy atom. The minimum Gasteiger partial charge on any atom is -0.357 e. The Bertz CT molecular complexity index is 805. The van der Waals surface area contributed by atoms with Crippen LogP contribution in [-0.4, -0.2) is 29.0 Å². The van der Waals surface area contributed by atoms with Gasteiger partial charge in [0.1, 0.15) is 11.6 Å². The van der Waals surface area contributed by atoms with Gasteiger partial charge < -0.3 is 15.6 Å². The van der Waals surface area contributed by atoms with Crippen LogP contribution in [0.3, 0.4) is 0 Å². The van der Waals surface area contributed by atoms with Crippen LogP contribution in [0.15, 0.2) is 53.5 Å². The molecule has 0 saturated heterocycles. The molecule has 0 spiro atoms. The first-order valence-electron chi connectivity index (χ1n) is 8.45. The maximum absolute atomic E-state index is 12.9. The van der Waals surface area contributed by atoms with Gasteiger partial charge in [-0.05, 0) is 36.8 Å². The van der Waals surface area contributed by atoms with Crippen molar-refractivity contribution in [2.75, 3.05) is 13.1 Å². The number of guanidine groups is 1. The lowest BCUT2D eigenvalue weighted by atomic mass is 10.2. The summed E-state index contributed by atoms with van der Waals surface area (Å²) in [5.41, 5.74) is 3.00. The molecule has 3 N–H and O–H groups in total. The van der Waals surface area contributed by atoms with Gasteiger partial charge in [0, 0.05) is 19.5 Å². The third kappa shape index (κ3) is 4.79. The molecule has 25 heavy (non-hydrogen) atoms. The molecule has 0 atom stereocenters. The number of hydrogen-bond acceptors (Lipinski definition) is 2. The van der Waals surface area contributed by atoms with Crippen LogP contribution in [0.1, 0.15) is 18.3 Å². The fourth-order valence-electron chi connectivity index (χ4n) is 2.53. The van der Waals surface area contributed by atoms with Crippen LogP contribution in [0.4, 0.5) is 4.39 Å². The molecule has 0 aliphatic heterocycles. The topological polar surface area (TPSA) is 65.1 Å². The molecule has 1 heterocycles. The number of para-hydroxylation sites is 2. The molecule has 6 heteroatoms. The quantitative estimate of drug-likeness (QED) is 0.478. The van der Waals surface area contributed by atoms with Gasteiger partial charge in [-0.1, -0.05) is 24.3 Å². The lowest BCUT2D eigenvalue weighted by molar-refractivity contribution is 0.627. The standard InChI is InChI=1S/C19H22FN5/c1-2-21-19(23-13-14-7-9-15(20)10-8-14)22-12-11-18-24-16-5-3-4-6-17(16)25-18/h3-10H,2,11-13H2,1H3,(H,24,25)(H2,21,22,23). The van der Waals surface area contributed by atoms with E-state index in [1.54, 1.807) is 12.1 Å². The molecule has 0 fully saturated rings. The first-order chi connectivity index (χ1) is 12.2. The van der Waals surface area contributed by atoms with Gasteiger partial charge in [-0.15, -0.1) is 0 Å². The summed E-state index contributed by atoms with van der Waals surface area (Å²) >= 11 is 0. The van der Waals surface area contributed by atoms with E-state index in [0.717, 1.165) is 47.9 Å². The lowest BCUT2D eigenvalue weighted by Crippen LogP contribution is -2.38. The number of halogens is 1. The number of hydrogen-bond donors (Lipinski definition) is 3. The molecular weight excluding hydrogens is 317 g/mol. The van der Waals surface area contributed by atoms with Crippen LogP contribution in [0.5, 0.6) is 0 Å². The van der Waals surface area contributed by atoms with Crippen LogP contribution in [-0.2, 0) is 13.0 Å². The predicted molar refractivity (Wildman–Crippen MR) is 99.0 cm³/mol. The van der Waals surface area contributed by atoms with Gasteiger partial charge >= 0.3 is 0 Å². The van der Waals surface area contributed by atoms with Gasteiger partial charge in [0.05, 0.1) is 17.6 Å². The third-order valence-electron chi connectivity index (χ3n) is 3.77. The molecule has 1 aromatic heterocycles. The fourth-order valence-corrected chi connectivity index (χ4v) is 2.53. The number of fused-ring (bicyclic) bond motifs is 1. The van der Waals surface area contributed by atoms with Gasteiger partial charge in [0.2, 0.25) is 0 Å². The van der Waals surface area contributed by atoms with E-state index >= 15 is 0 Å². The zero-order valence-electron chi connectivity index (χ0n) is 14.2. The zero-order chi connectivity index (χ0) is 17.5. The van der Waals surface area contributed by atoms with E-state index in [2.05, 4.69) is 25.6 Å². The number of imidazole rings is 1. The SMILES string of the molecule is CCNC(=NCc1ccc(F)cc1)NCCc1nc2ccccc2[nH]1. The largest absolute Gasteiger partial charge is 0.357 e. The molecule has 2 aromatic carbocycles. The van der Waals surface area contributed by atoms with Crippen molar-refractivity contribution in [2.45, 2.75) is 19.9 Å². The summed E-state index contributed by atoms with van der Waals surface area (Å²) < 4.78 is 12.9. The third-order valence-corrected chi connectivity index (χ3v) is 3.77. The summed E-state index contributed by atoms with van der Waals surface area (Å²) in [5, 5.41) is 6.51. The Kier molecular flexibility index (Phi) is 5.61. The second-order valence-electron chi connectivity index (χ2n) is 5.70. The Balaban J connectivity index is 1.55. The first-order valence-corrected chi connectivity index (χ1v) is 8.45. The van der Waals surface area contributed by atoms with Crippen molar-refractivity contribution >= 4 is 17.0 Å². The van der Waals surface area contributed by atoms with E-state index in [1.165, 1.54) is 12.1 Å². The van der Waals surface area contributed by atoms with Gasteiger partial charge in [-0.2, -0.15) is 0 Å². The minimum atomic E-state index is -0.233. The van der Waals surface area contributed by atoms with E-state index in [-0.39, 0.29) is 5.82 Å². The van der Waals surface area contributed by atoms with Gasteiger partial charge in [-0.25, -0.2) is 14.4 Å². The highest BCUT2D eigenvalue weighted by molar-refractivity contribution is 5.79. The molecule has 3 rings (SSSR count). The Labute approximate surface area is 146 Å². The highest BCUT2D eigenvalue weighted by Gasteiger charge is 2.03. The molecule has 0 radical (unpaired) electrons. The second kappa shape index (κ2) is 8.28. The van der Waals surface area contributed by atoms with E-state index in [9.17, 15) is 4.39 Å². The highest BCUT2D eigenvalue weighted by atomic mass is 19.1. The molecule has 0 aliphatic rings. The number of nitrogens with one attached hydrogen (secondary N) is 3. The molecule has 130 valence electrons. The van der Waals surface area contributed by atoms with Crippen LogP contribution >= 0.6 is 0 Å². The van der Waals surface area contributed by atoms with Crippen molar-refractivity contribution in [3.63, 3.8) is 0 Å². The lowest BCUT2D eigenvalue weighted by Gasteiger charge is -2.10. The normalized spacial score (nSPS) is 11.7. The summed E-state index contributed by atoms with van der Waals surface area (Å²) in [6, 6.07) is 14.4. The van der Waals surface area contributed by atoms with Gasteiger partial charge in [-0.3, -0.25) is 0 Å². The maximum atomic E-state index is 12.9. The average molecular weight is 339 g/mol. The van der Waals surface area contributed by atoms with E-state index in [4.69, 9.17) is 0 Å². The number of nitrogens with zero attached hydrogens (tertiary/aromatic N) is 2. The summed E-state index contributed by atoms with van der Waals surface area (Å²) in [7, 11) is 0. The van der Waals surface area contributed by atoms with Crippen LogP contribution in [0, 0.1) is 5.82 Å². The number of aromatic nitrogens is 2. The van der Waals surface area contributed by atoms with Crippen molar-refractivity contribution in [1.82, 2.24) is 20.6 Å². The molecule has 3 aromatic rings. The summed E-state index contributed by atoms with van der Waals surface area (Å²) in [6.45, 7) is 4.02. The predicted octanol–water partition coefficient (Wildman–Crippen LogP) is 3.00. The highest BCUT2D eigenvalue weighted by Crippen LogP contribution is 2.10. The number of aliphatic imine (C=N–C) groups is 1. The van der Waals surface area contributed by atoms with E-state index < -0.39 is 0 Å². The van der Waals surface area contributed by atoms with Crippen molar-refractivity contribution in [2.24, 2.45) is 4.99 Å². The number of benzene rings is 2. The summed E-state index contributed by atoms with van der Waals surface area (Å²) in [4.78, 5) is 12.4. The van der Waals surface area contributed by atoms with Crippen molar-refractivity contribution in [3.05, 3.63) is 65.7 Å². The summed E-state index contributed by atoms with van der Waals surface area (Å²) in [6.07, 6.45) is 0.773. The molecule has 0 saturated carbocycles. The molecule has 0 amide bonds. The van der Waals surface area contributed by atoms with Crippen molar-refractivity contribution in [3.8, 4) is 0 Å². The van der Waals surface area contributed by atoms with Crippen molar-refractivity contribution < 1.29 is 4.39 Å². The maximum Gasteiger partial charge on any atom is 0.191 e. The van der Waals surface area contributed by atoms with Crippen LogP contribution in [0.2, 0.25) is 0 Å². The van der Waals surface area contributed by atoms with Crippen molar-refractivity contribution in [1.29, 1.82) is 0 Å². The fraction of sp³-hybridized carbons (Fsp3) is 0.263. The summed E-state index contributed by atoms with van der Waals surface area (Å²) in [5.74, 6) is 1.45. The van der Waals surface area contributed by atoms with E-state index in [0.29, 0.717) is 6.54 Å². The Morgan fingerprint density at radius 3 is 2.68 bits per heavy atom. The smallest absolute Gasteiger partial charge is 0.191 e. The van der Waals surface area contributed by atoms with Crippen LogP contribution < -0.4 is 10.6 Å². The Hall–Kier alpha value is -2.89. The zero-order valence-corrected chi connectivity index (χ0v) is 14.2. The average Bonchev–Trinajstić information content (AvgIpc) is 3.04. The van der Waals surface area contributed by atoms with Crippen LogP contribution in [0.25, 0.3) is 11.0 Å². The number of rotatable bonds is 6. The number of H-pyrrole nitrogens is 1. The molecule has 5 nitrogen and oxygen atoms in total. The van der Waals surface area contributed by atoms with Gasteiger partial charge in [0.25, 0.3) is 0 Å². The molecule has 0 unspecified atom stereocenters. The Morgan fingerprint density at radius 2 is 1.92 bits per heavy atom. The second-order valence-corrected chi connectivity index (χ2v) is 5.70. The number of aromatic amines is 1. The monoisotopic (exact) mass is 339 g/mol. The first kappa shape index (κ1) is 17.0. The van der Waals surface area contributed by atoms with Gasteiger partial charge in [0.15, 0.2) is 5.96 Å². The molecular formula is C19H22FN5. The minimum absolute atomic E-state index is 0.233.